The Morgan fingerprint density at radius 1 is 1.50 bits per heavy atom. The van der Waals surface area contributed by atoms with Crippen LogP contribution in [0, 0.1) is 0 Å². The molecule has 0 bridgehead atoms. The lowest BCUT2D eigenvalue weighted by molar-refractivity contribution is -0.123. The average Bonchev–Trinajstić information content (AvgIpc) is 2.29. The predicted octanol–water partition coefficient (Wildman–Crippen LogP) is 0.526. The molecule has 0 aromatic rings. The van der Waals surface area contributed by atoms with Gasteiger partial charge in [0.15, 0.2) is 0 Å². The summed E-state index contributed by atoms with van der Waals surface area (Å²) in [6.07, 6.45) is 0.536. The van der Waals surface area contributed by atoms with Crippen molar-refractivity contribution in [3.05, 3.63) is 0 Å². The number of amides is 1. The first-order chi connectivity index (χ1) is 7.70. The van der Waals surface area contributed by atoms with E-state index in [1.165, 1.54) is 0 Å². The quantitative estimate of drug-likeness (QED) is 0.661. The molecule has 0 saturated carbocycles. The summed E-state index contributed by atoms with van der Waals surface area (Å²) in [5.74, 6) is -0.0691. The zero-order valence-electron chi connectivity index (χ0n) is 9.18. The molecule has 1 unspecified atom stereocenters. The van der Waals surface area contributed by atoms with Gasteiger partial charge in [-0.25, -0.2) is 8.78 Å². The van der Waals surface area contributed by atoms with Gasteiger partial charge in [-0.3, -0.25) is 4.79 Å². The van der Waals surface area contributed by atoms with Gasteiger partial charge in [0.25, 0.3) is 6.43 Å². The molecule has 4 nitrogen and oxygen atoms in total. The summed E-state index contributed by atoms with van der Waals surface area (Å²) in [4.78, 5) is 11.5. The lowest BCUT2D eigenvalue weighted by atomic mass is 10.0. The highest BCUT2D eigenvalue weighted by Crippen LogP contribution is 2.06. The number of alkyl halides is 2. The van der Waals surface area contributed by atoms with Crippen LogP contribution in [-0.2, 0) is 9.53 Å². The van der Waals surface area contributed by atoms with Crippen LogP contribution < -0.4 is 10.6 Å². The number of nitrogens with one attached hydrogen (secondary N) is 2. The third-order valence-electron chi connectivity index (χ3n) is 2.42. The number of hydrogen-bond acceptors (Lipinski definition) is 3. The van der Waals surface area contributed by atoms with Gasteiger partial charge in [-0.15, -0.1) is 0 Å². The first kappa shape index (κ1) is 13.3. The van der Waals surface area contributed by atoms with E-state index in [0.29, 0.717) is 0 Å². The van der Waals surface area contributed by atoms with Gasteiger partial charge in [-0.2, -0.15) is 0 Å². The molecular weight excluding hydrogens is 218 g/mol. The number of carbonyl (C=O) groups excluding carboxylic acids is 1. The molecule has 1 aliphatic heterocycles. The summed E-state index contributed by atoms with van der Waals surface area (Å²) >= 11 is 0. The SMILES string of the molecule is O=C(NCCOCC(F)F)C1CCCCN1. The molecule has 0 radical (unpaired) electrons. The standard InChI is InChI=1S/C10H18F2N2O2/c11-9(12)7-16-6-5-14-10(15)8-3-1-2-4-13-8/h8-9,13H,1-7H2,(H,14,15). The van der Waals surface area contributed by atoms with Crippen molar-refractivity contribution in [2.75, 3.05) is 26.3 Å². The van der Waals surface area contributed by atoms with E-state index in [0.717, 1.165) is 25.8 Å². The van der Waals surface area contributed by atoms with Crippen molar-refractivity contribution >= 4 is 5.91 Å². The second-order valence-electron chi connectivity index (χ2n) is 3.76. The Kier molecular flexibility index (Phi) is 6.25. The largest absolute Gasteiger partial charge is 0.374 e. The second kappa shape index (κ2) is 7.51. The Balaban J connectivity index is 2.01. The summed E-state index contributed by atoms with van der Waals surface area (Å²) in [5, 5.41) is 5.76. The molecule has 94 valence electrons. The van der Waals surface area contributed by atoms with Crippen LogP contribution in [0.15, 0.2) is 0 Å². The summed E-state index contributed by atoms with van der Waals surface area (Å²) in [5.41, 5.74) is 0. The van der Waals surface area contributed by atoms with Gasteiger partial charge >= 0.3 is 0 Å². The minimum absolute atomic E-state index is 0.0691. The molecule has 1 fully saturated rings. The lowest BCUT2D eigenvalue weighted by Gasteiger charge is -2.22. The predicted molar refractivity (Wildman–Crippen MR) is 55.5 cm³/mol. The van der Waals surface area contributed by atoms with E-state index in [9.17, 15) is 13.6 Å². The summed E-state index contributed by atoms with van der Waals surface area (Å²) < 4.78 is 28.0. The van der Waals surface area contributed by atoms with Gasteiger partial charge in [-0.1, -0.05) is 6.42 Å². The molecular formula is C10H18F2N2O2. The van der Waals surface area contributed by atoms with E-state index in [1.54, 1.807) is 0 Å². The van der Waals surface area contributed by atoms with Crippen LogP contribution >= 0.6 is 0 Å². The van der Waals surface area contributed by atoms with E-state index in [1.807, 2.05) is 0 Å². The average molecular weight is 236 g/mol. The molecule has 0 aromatic heterocycles. The molecule has 6 heteroatoms. The van der Waals surface area contributed by atoms with E-state index in [-0.39, 0.29) is 25.1 Å². The van der Waals surface area contributed by atoms with Gasteiger partial charge in [0.1, 0.15) is 6.61 Å². The molecule has 1 rings (SSSR count). The summed E-state index contributed by atoms with van der Waals surface area (Å²) in [6, 6.07) is -0.135. The highest BCUT2D eigenvalue weighted by atomic mass is 19.3. The van der Waals surface area contributed by atoms with Gasteiger partial charge in [0, 0.05) is 6.54 Å². The van der Waals surface area contributed by atoms with Gasteiger partial charge in [0.2, 0.25) is 5.91 Å². The molecule has 1 saturated heterocycles. The van der Waals surface area contributed by atoms with Crippen molar-refractivity contribution in [3.63, 3.8) is 0 Å². The second-order valence-corrected chi connectivity index (χ2v) is 3.76. The first-order valence-electron chi connectivity index (χ1n) is 5.57. The maximum absolute atomic E-state index is 11.7. The molecule has 1 atom stereocenters. The van der Waals surface area contributed by atoms with E-state index < -0.39 is 13.0 Å². The minimum Gasteiger partial charge on any atom is -0.374 e. The Morgan fingerprint density at radius 2 is 2.31 bits per heavy atom. The molecule has 1 aliphatic rings. The maximum Gasteiger partial charge on any atom is 0.261 e. The van der Waals surface area contributed by atoms with E-state index >= 15 is 0 Å². The fraction of sp³-hybridized carbons (Fsp3) is 0.900. The maximum atomic E-state index is 11.7. The van der Waals surface area contributed by atoms with Crippen LogP contribution in [0.1, 0.15) is 19.3 Å². The van der Waals surface area contributed by atoms with Gasteiger partial charge in [0.05, 0.1) is 12.6 Å². The first-order valence-corrected chi connectivity index (χ1v) is 5.57. The Morgan fingerprint density at radius 3 is 2.94 bits per heavy atom. The molecule has 16 heavy (non-hydrogen) atoms. The number of carbonyl (C=O) groups is 1. The molecule has 1 heterocycles. The van der Waals surface area contributed by atoms with Crippen LogP contribution in [0.3, 0.4) is 0 Å². The number of rotatable bonds is 6. The lowest BCUT2D eigenvalue weighted by Crippen LogP contribution is -2.47. The smallest absolute Gasteiger partial charge is 0.261 e. The number of ether oxygens (including phenoxy) is 1. The Labute approximate surface area is 93.7 Å². The van der Waals surface area contributed by atoms with E-state index in [4.69, 9.17) is 0 Å². The normalized spacial score (nSPS) is 21.1. The monoisotopic (exact) mass is 236 g/mol. The van der Waals surface area contributed by atoms with Crippen LogP contribution in [0.2, 0.25) is 0 Å². The molecule has 0 aliphatic carbocycles. The Bertz CT molecular complexity index is 209. The molecule has 2 N–H and O–H groups in total. The summed E-state index contributed by atoms with van der Waals surface area (Å²) in [6.45, 7) is 0.698. The summed E-state index contributed by atoms with van der Waals surface area (Å²) in [7, 11) is 0. The van der Waals surface area contributed by atoms with Crippen LogP contribution in [0.4, 0.5) is 8.78 Å². The van der Waals surface area contributed by atoms with Crippen molar-refractivity contribution in [3.8, 4) is 0 Å². The number of piperidine rings is 1. The van der Waals surface area contributed by atoms with Crippen LogP contribution in [0.5, 0.6) is 0 Å². The topological polar surface area (TPSA) is 50.4 Å². The third kappa shape index (κ3) is 5.37. The van der Waals surface area contributed by atoms with E-state index in [2.05, 4.69) is 15.4 Å². The highest BCUT2D eigenvalue weighted by molar-refractivity contribution is 5.81. The number of halogens is 2. The minimum atomic E-state index is -2.45. The van der Waals surface area contributed by atoms with Gasteiger partial charge in [-0.05, 0) is 19.4 Å². The highest BCUT2D eigenvalue weighted by Gasteiger charge is 2.19. The van der Waals surface area contributed by atoms with Crippen LogP contribution in [-0.4, -0.2) is 44.7 Å². The zero-order chi connectivity index (χ0) is 11.8. The van der Waals surface area contributed by atoms with Crippen molar-refractivity contribution in [2.45, 2.75) is 31.7 Å². The zero-order valence-corrected chi connectivity index (χ0v) is 9.18. The molecule has 1 amide bonds. The fourth-order valence-corrected chi connectivity index (χ4v) is 1.62. The van der Waals surface area contributed by atoms with Crippen molar-refractivity contribution < 1.29 is 18.3 Å². The molecule has 0 aromatic carbocycles. The third-order valence-corrected chi connectivity index (χ3v) is 2.42. The Hall–Kier alpha value is -0.750. The van der Waals surface area contributed by atoms with Crippen molar-refractivity contribution in [1.29, 1.82) is 0 Å². The number of hydrogen-bond donors (Lipinski definition) is 2. The fourth-order valence-electron chi connectivity index (χ4n) is 1.62. The van der Waals surface area contributed by atoms with Gasteiger partial charge < -0.3 is 15.4 Å². The van der Waals surface area contributed by atoms with Crippen molar-refractivity contribution in [1.82, 2.24) is 10.6 Å². The van der Waals surface area contributed by atoms with Crippen LogP contribution in [0.25, 0.3) is 0 Å². The van der Waals surface area contributed by atoms with Crippen molar-refractivity contribution in [2.24, 2.45) is 0 Å². The molecule has 0 spiro atoms.